The Morgan fingerprint density at radius 1 is 1.50 bits per heavy atom. The third kappa shape index (κ3) is 3.67. The van der Waals surface area contributed by atoms with Crippen molar-refractivity contribution in [3.63, 3.8) is 0 Å². The number of carbonyl (C=O) groups excluding carboxylic acids is 2. The van der Waals surface area contributed by atoms with Crippen LogP contribution >= 0.6 is 0 Å². The number of carboxylic acids is 1. The van der Waals surface area contributed by atoms with Crippen molar-refractivity contribution in [2.75, 3.05) is 6.61 Å². The molecule has 0 aromatic heterocycles. The van der Waals surface area contributed by atoms with E-state index in [1.807, 2.05) is 0 Å². The van der Waals surface area contributed by atoms with Gasteiger partial charge in [0.15, 0.2) is 0 Å². The molecule has 0 bridgehead atoms. The Morgan fingerprint density at radius 3 is 2.33 bits per heavy atom. The van der Waals surface area contributed by atoms with Crippen LogP contribution in [0.15, 0.2) is 0 Å². The van der Waals surface area contributed by atoms with Crippen LogP contribution in [0.5, 0.6) is 0 Å². The van der Waals surface area contributed by atoms with Gasteiger partial charge in [0.2, 0.25) is 5.78 Å². The summed E-state index contributed by atoms with van der Waals surface area (Å²) in [5.41, 5.74) is 4.98. The molecule has 0 radical (unpaired) electrons. The van der Waals surface area contributed by atoms with Crippen LogP contribution in [0.4, 0.5) is 0 Å². The Morgan fingerprint density at radius 2 is 2.00 bits per heavy atom. The summed E-state index contributed by atoms with van der Waals surface area (Å²) >= 11 is 0. The second-order valence-corrected chi connectivity index (χ2v) is 2.10. The summed E-state index contributed by atoms with van der Waals surface area (Å²) in [5.74, 6) is -3.15. The Hall–Kier alpha value is -1.43. The van der Waals surface area contributed by atoms with Gasteiger partial charge in [-0.25, -0.2) is 4.79 Å². The maximum Gasteiger partial charge on any atom is 0.374 e. The van der Waals surface area contributed by atoms with Crippen LogP contribution in [0, 0.1) is 0 Å². The second-order valence-electron chi connectivity index (χ2n) is 2.10. The average molecular weight is 175 g/mol. The quantitative estimate of drug-likeness (QED) is 0.399. The van der Waals surface area contributed by atoms with Crippen molar-refractivity contribution < 1.29 is 24.2 Å². The number of carbonyl (C=O) groups is 3. The molecule has 12 heavy (non-hydrogen) atoms. The molecule has 3 N–H and O–H groups in total. The Bertz CT molecular complexity index is 212. The first-order valence-corrected chi connectivity index (χ1v) is 3.11. The summed E-state index contributed by atoms with van der Waals surface area (Å²) in [6.07, 6.45) is 0. The van der Waals surface area contributed by atoms with E-state index in [4.69, 9.17) is 10.8 Å². The van der Waals surface area contributed by atoms with Gasteiger partial charge in [-0.15, -0.1) is 0 Å². The molecule has 0 spiro atoms. The predicted octanol–water partition coefficient (Wildman–Crippen LogP) is -1.47. The zero-order chi connectivity index (χ0) is 9.72. The first-order valence-electron chi connectivity index (χ1n) is 3.11. The van der Waals surface area contributed by atoms with Crippen molar-refractivity contribution in [3.05, 3.63) is 0 Å². The third-order valence-corrected chi connectivity index (χ3v) is 0.999. The topological polar surface area (TPSA) is 107 Å². The monoisotopic (exact) mass is 175 g/mol. The molecule has 0 aliphatic rings. The molecule has 0 saturated carbocycles. The lowest BCUT2D eigenvalue weighted by Gasteiger charge is -2.05. The van der Waals surface area contributed by atoms with Gasteiger partial charge >= 0.3 is 11.9 Å². The summed E-state index contributed by atoms with van der Waals surface area (Å²) in [5, 5.41) is 8.23. The van der Waals surface area contributed by atoms with Crippen molar-refractivity contribution in [3.8, 4) is 0 Å². The highest BCUT2D eigenvalue weighted by Crippen LogP contribution is 1.84. The van der Waals surface area contributed by atoms with E-state index in [9.17, 15) is 14.4 Å². The number of carboxylic acid groups (broad SMARTS) is 1. The van der Waals surface area contributed by atoms with Crippen LogP contribution in [-0.4, -0.2) is 35.5 Å². The normalized spacial score (nSPS) is 11.8. The Kier molecular flexibility index (Phi) is 3.92. The molecule has 0 aliphatic carbocycles. The highest BCUT2D eigenvalue weighted by Gasteiger charge is 2.16. The summed E-state index contributed by atoms with van der Waals surface area (Å²) in [7, 11) is 0. The highest BCUT2D eigenvalue weighted by molar-refractivity contribution is 6.32. The number of ketones is 1. The number of ether oxygens (including phenoxy) is 1. The van der Waals surface area contributed by atoms with Crippen molar-refractivity contribution in [1.82, 2.24) is 0 Å². The fourth-order valence-electron chi connectivity index (χ4n) is 0.338. The van der Waals surface area contributed by atoms with Gasteiger partial charge in [0.1, 0.15) is 12.6 Å². The van der Waals surface area contributed by atoms with Gasteiger partial charge in [0.25, 0.3) is 0 Å². The largest absolute Gasteiger partial charge is 0.480 e. The zero-order valence-corrected chi connectivity index (χ0v) is 6.44. The molecule has 1 atom stereocenters. The number of nitrogens with two attached hydrogens (primary N) is 1. The van der Waals surface area contributed by atoms with E-state index in [1.165, 1.54) is 0 Å². The molecule has 0 fully saturated rings. The smallest absolute Gasteiger partial charge is 0.374 e. The van der Waals surface area contributed by atoms with E-state index in [1.54, 1.807) is 0 Å². The van der Waals surface area contributed by atoms with E-state index in [0.717, 1.165) is 6.92 Å². The van der Waals surface area contributed by atoms with Gasteiger partial charge in [-0.05, 0) is 0 Å². The second kappa shape index (κ2) is 4.45. The van der Waals surface area contributed by atoms with Crippen LogP contribution in [0.25, 0.3) is 0 Å². The highest BCUT2D eigenvalue weighted by atomic mass is 16.5. The first-order chi connectivity index (χ1) is 5.45. The summed E-state index contributed by atoms with van der Waals surface area (Å²) < 4.78 is 4.23. The molecule has 68 valence electrons. The SMILES string of the molecule is CC(=O)C(=O)OC[C@H](N)C(=O)O. The molecule has 0 aromatic carbocycles. The van der Waals surface area contributed by atoms with Crippen molar-refractivity contribution >= 4 is 17.7 Å². The minimum Gasteiger partial charge on any atom is -0.480 e. The van der Waals surface area contributed by atoms with Gasteiger partial charge < -0.3 is 15.6 Å². The van der Waals surface area contributed by atoms with Crippen LogP contribution in [0.2, 0.25) is 0 Å². The average Bonchev–Trinajstić information content (AvgIpc) is 1.98. The molecule has 0 rings (SSSR count). The maximum absolute atomic E-state index is 10.4. The van der Waals surface area contributed by atoms with Gasteiger partial charge in [-0.2, -0.15) is 0 Å². The lowest BCUT2D eigenvalue weighted by molar-refractivity contribution is -0.155. The number of hydrogen-bond acceptors (Lipinski definition) is 5. The lowest BCUT2D eigenvalue weighted by Crippen LogP contribution is -2.36. The van der Waals surface area contributed by atoms with Crippen molar-refractivity contribution in [2.24, 2.45) is 5.73 Å². The molecule has 6 heteroatoms. The number of hydrogen-bond donors (Lipinski definition) is 2. The Balaban J connectivity index is 3.76. The van der Waals surface area contributed by atoms with E-state index in [0.29, 0.717) is 0 Å². The lowest BCUT2D eigenvalue weighted by atomic mass is 10.3. The standard InChI is InChI=1S/C6H9NO5/c1-3(8)6(11)12-2-4(7)5(9)10/h4H,2,7H2,1H3,(H,9,10)/t4-/m0/s1. The van der Waals surface area contributed by atoms with Crippen LogP contribution < -0.4 is 5.73 Å². The van der Waals surface area contributed by atoms with Gasteiger partial charge in [0, 0.05) is 6.92 Å². The summed E-state index contributed by atoms with van der Waals surface area (Å²) in [6.45, 7) is 0.530. The molecule has 0 amide bonds. The van der Waals surface area contributed by atoms with Crippen LogP contribution in [0.3, 0.4) is 0 Å². The molecule has 0 unspecified atom stereocenters. The molecule has 0 aliphatic heterocycles. The molecule has 0 heterocycles. The van der Waals surface area contributed by atoms with E-state index in [-0.39, 0.29) is 0 Å². The maximum atomic E-state index is 10.4. The van der Waals surface area contributed by atoms with Gasteiger partial charge in [0.05, 0.1) is 0 Å². The van der Waals surface area contributed by atoms with Crippen LogP contribution in [0.1, 0.15) is 6.92 Å². The summed E-state index contributed by atoms with van der Waals surface area (Å²) in [6, 6.07) is -1.28. The predicted molar refractivity (Wildman–Crippen MR) is 37.3 cm³/mol. The summed E-state index contributed by atoms with van der Waals surface area (Å²) in [4.78, 5) is 30.8. The van der Waals surface area contributed by atoms with Crippen LogP contribution in [-0.2, 0) is 19.1 Å². The molecule has 0 saturated heterocycles. The fourth-order valence-corrected chi connectivity index (χ4v) is 0.338. The number of esters is 1. The molecular weight excluding hydrogens is 166 g/mol. The van der Waals surface area contributed by atoms with E-state index < -0.39 is 30.4 Å². The van der Waals surface area contributed by atoms with E-state index in [2.05, 4.69) is 4.74 Å². The van der Waals surface area contributed by atoms with Crippen molar-refractivity contribution in [2.45, 2.75) is 13.0 Å². The van der Waals surface area contributed by atoms with E-state index >= 15 is 0 Å². The third-order valence-electron chi connectivity index (χ3n) is 0.999. The van der Waals surface area contributed by atoms with Crippen molar-refractivity contribution in [1.29, 1.82) is 0 Å². The zero-order valence-electron chi connectivity index (χ0n) is 6.44. The van der Waals surface area contributed by atoms with Gasteiger partial charge in [-0.1, -0.05) is 0 Å². The number of aliphatic carboxylic acids is 1. The van der Waals surface area contributed by atoms with Gasteiger partial charge in [-0.3, -0.25) is 9.59 Å². The Labute approximate surface area is 68.3 Å². The number of Topliss-reactive ketones (excluding diaryl/α,β-unsaturated/α-hetero) is 1. The molecular formula is C6H9NO5. The number of rotatable bonds is 4. The first kappa shape index (κ1) is 10.6. The minimum absolute atomic E-state index is 0.492. The minimum atomic E-state index is -1.29. The fraction of sp³-hybridized carbons (Fsp3) is 0.500. The molecule has 6 nitrogen and oxygen atoms in total. The molecule has 0 aromatic rings.